The molecule has 0 atom stereocenters. The molecule has 0 unspecified atom stereocenters. The molecule has 0 radical (unpaired) electrons. The van der Waals surface area contributed by atoms with Gasteiger partial charge in [0.25, 0.3) is 5.91 Å². The van der Waals surface area contributed by atoms with Crippen LogP contribution in [-0.4, -0.2) is 60.8 Å². The van der Waals surface area contributed by atoms with Gasteiger partial charge in [0.1, 0.15) is 6.54 Å². The smallest absolute Gasteiger partial charge is 0.416 e. The first-order chi connectivity index (χ1) is 12.2. The lowest BCUT2D eigenvalue weighted by molar-refractivity contribution is -0.138. The topological polar surface area (TPSA) is 108 Å². The van der Waals surface area contributed by atoms with Crippen molar-refractivity contribution in [3.05, 3.63) is 29.3 Å². The molecule has 1 aliphatic rings. The number of carbonyl (C=O) groups is 3. The molecule has 0 saturated carbocycles. The molecule has 2 rings (SSSR count). The average molecular weight is 375 g/mol. The Kier molecular flexibility index (Phi) is 6.03. The number of rotatable bonds is 4. The summed E-state index contributed by atoms with van der Waals surface area (Å²) in [5.74, 6) is -2.40. The van der Waals surface area contributed by atoms with Crippen LogP contribution in [0.3, 0.4) is 0 Å². The zero-order valence-electron chi connectivity index (χ0n) is 13.4. The summed E-state index contributed by atoms with van der Waals surface area (Å²) in [6.07, 6.45) is -4.70. The first-order valence-corrected chi connectivity index (χ1v) is 7.53. The van der Waals surface area contributed by atoms with Crippen LogP contribution in [0.15, 0.2) is 18.2 Å². The summed E-state index contributed by atoms with van der Waals surface area (Å²) in [7, 11) is 0. The van der Waals surface area contributed by atoms with Gasteiger partial charge in [0.05, 0.1) is 30.0 Å². The lowest BCUT2D eigenvalue weighted by Crippen LogP contribution is -2.43. The number of carbonyl (C=O) groups excluding carboxylic acids is 2. The third kappa shape index (κ3) is 5.09. The highest BCUT2D eigenvalue weighted by atomic mass is 19.4. The van der Waals surface area contributed by atoms with E-state index in [1.54, 1.807) is 0 Å². The SMILES string of the molecule is O=C(O)CNC(=O)c1cc(C(F)(F)F)ccc1NC(=O)N1CCOCC1. The van der Waals surface area contributed by atoms with Gasteiger partial charge in [-0.1, -0.05) is 0 Å². The first-order valence-electron chi connectivity index (χ1n) is 7.53. The molecule has 3 N–H and O–H groups in total. The fraction of sp³-hybridized carbons (Fsp3) is 0.400. The van der Waals surface area contributed by atoms with E-state index in [-0.39, 0.29) is 5.69 Å². The Morgan fingerprint density at radius 1 is 1.19 bits per heavy atom. The summed E-state index contributed by atoms with van der Waals surface area (Å²) >= 11 is 0. The third-order valence-electron chi connectivity index (χ3n) is 3.53. The Morgan fingerprint density at radius 3 is 2.42 bits per heavy atom. The van der Waals surface area contributed by atoms with Crippen molar-refractivity contribution in [3.63, 3.8) is 0 Å². The van der Waals surface area contributed by atoms with E-state index in [9.17, 15) is 27.6 Å². The van der Waals surface area contributed by atoms with Gasteiger partial charge in [-0.25, -0.2) is 4.79 Å². The number of carboxylic acid groups (broad SMARTS) is 1. The molecule has 11 heteroatoms. The molecule has 0 spiro atoms. The van der Waals surface area contributed by atoms with Gasteiger partial charge >= 0.3 is 18.2 Å². The van der Waals surface area contributed by atoms with E-state index in [1.165, 1.54) is 4.90 Å². The predicted octanol–water partition coefficient (Wildman–Crippen LogP) is 1.38. The predicted molar refractivity (Wildman–Crippen MR) is 82.8 cm³/mol. The molecule has 1 aromatic rings. The molecular weight excluding hydrogens is 359 g/mol. The second kappa shape index (κ2) is 8.04. The van der Waals surface area contributed by atoms with E-state index >= 15 is 0 Å². The van der Waals surface area contributed by atoms with E-state index in [1.807, 2.05) is 5.32 Å². The van der Waals surface area contributed by atoms with Crippen molar-refractivity contribution in [2.45, 2.75) is 6.18 Å². The number of nitrogens with zero attached hydrogens (tertiary/aromatic N) is 1. The molecule has 1 heterocycles. The van der Waals surface area contributed by atoms with Crippen LogP contribution >= 0.6 is 0 Å². The van der Waals surface area contributed by atoms with Crippen molar-refractivity contribution < 1.29 is 37.4 Å². The maximum Gasteiger partial charge on any atom is 0.416 e. The molecule has 1 fully saturated rings. The van der Waals surface area contributed by atoms with Crippen LogP contribution < -0.4 is 10.6 Å². The minimum Gasteiger partial charge on any atom is -0.480 e. The minimum absolute atomic E-state index is 0.155. The number of ether oxygens (including phenoxy) is 1. The molecule has 1 aliphatic heterocycles. The maximum absolute atomic E-state index is 12.9. The Bertz CT molecular complexity index is 702. The number of urea groups is 1. The second-order valence-corrected chi connectivity index (χ2v) is 5.36. The quantitative estimate of drug-likeness (QED) is 0.737. The number of hydrogen-bond donors (Lipinski definition) is 3. The molecular formula is C15H16F3N3O5. The zero-order chi connectivity index (χ0) is 19.3. The number of anilines is 1. The largest absolute Gasteiger partial charge is 0.480 e. The van der Waals surface area contributed by atoms with Crippen molar-refractivity contribution in [2.75, 3.05) is 38.2 Å². The molecule has 8 nitrogen and oxygen atoms in total. The highest BCUT2D eigenvalue weighted by Crippen LogP contribution is 2.32. The lowest BCUT2D eigenvalue weighted by atomic mass is 10.1. The number of amides is 3. The van der Waals surface area contributed by atoms with Crippen molar-refractivity contribution >= 4 is 23.6 Å². The Labute approximate surface area is 145 Å². The number of alkyl halides is 3. The van der Waals surface area contributed by atoms with Gasteiger partial charge in [0.15, 0.2) is 0 Å². The number of hydrogen-bond acceptors (Lipinski definition) is 4. The summed E-state index contributed by atoms with van der Waals surface area (Å²) < 4.78 is 43.8. The normalized spacial score (nSPS) is 14.7. The van der Waals surface area contributed by atoms with Crippen LogP contribution in [-0.2, 0) is 15.7 Å². The summed E-state index contributed by atoms with van der Waals surface area (Å²) in [6.45, 7) is 0.477. The fourth-order valence-corrected chi connectivity index (χ4v) is 2.23. The van der Waals surface area contributed by atoms with E-state index in [0.717, 1.165) is 12.1 Å². The van der Waals surface area contributed by atoms with E-state index < -0.39 is 41.8 Å². The minimum atomic E-state index is -4.70. The van der Waals surface area contributed by atoms with E-state index in [2.05, 4.69) is 5.32 Å². The highest BCUT2D eigenvalue weighted by Gasteiger charge is 2.32. The summed E-state index contributed by atoms with van der Waals surface area (Å²) in [4.78, 5) is 36.2. The molecule has 3 amide bonds. The standard InChI is InChI=1S/C15H16F3N3O5/c16-15(17,18)9-1-2-11(10(7-9)13(24)19-8-12(22)23)20-14(25)21-3-5-26-6-4-21/h1-2,7H,3-6,8H2,(H,19,24)(H,20,25)(H,22,23). The molecule has 0 aliphatic carbocycles. The van der Waals surface area contributed by atoms with Gasteiger partial charge in [0, 0.05) is 13.1 Å². The van der Waals surface area contributed by atoms with Crippen LogP contribution in [0.1, 0.15) is 15.9 Å². The fourth-order valence-electron chi connectivity index (χ4n) is 2.23. The van der Waals surface area contributed by atoms with Crippen molar-refractivity contribution in [2.24, 2.45) is 0 Å². The summed E-state index contributed by atoms with van der Waals surface area (Å²) in [5, 5.41) is 13.0. The Balaban J connectivity index is 2.26. The van der Waals surface area contributed by atoms with Crippen LogP contribution in [0.2, 0.25) is 0 Å². The van der Waals surface area contributed by atoms with Gasteiger partial charge in [0.2, 0.25) is 0 Å². The molecule has 26 heavy (non-hydrogen) atoms. The first kappa shape index (κ1) is 19.5. The van der Waals surface area contributed by atoms with Crippen molar-refractivity contribution in [3.8, 4) is 0 Å². The number of morpholine rings is 1. The number of benzene rings is 1. The van der Waals surface area contributed by atoms with Gasteiger partial charge < -0.3 is 25.4 Å². The highest BCUT2D eigenvalue weighted by molar-refractivity contribution is 6.04. The molecule has 142 valence electrons. The van der Waals surface area contributed by atoms with Crippen molar-refractivity contribution in [1.82, 2.24) is 10.2 Å². The molecule has 1 saturated heterocycles. The zero-order valence-corrected chi connectivity index (χ0v) is 13.4. The summed E-state index contributed by atoms with van der Waals surface area (Å²) in [5.41, 5.74) is -1.73. The molecule has 0 bridgehead atoms. The number of carboxylic acids is 1. The average Bonchev–Trinajstić information content (AvgIpc) is 2.59. The Morgan fingerprint density at radius 2 is 1.85 bits per heavy atom. The second-order valence-electron chi connectivity index (χ2n) is 5.36. The number of nitrogens with one attached hydrogen (secondary N) is 2. The van der Waals surface area contributed by atoms with Crippen LogP contribution in [0.5, 0.6) is 0 Å². The van der Waals surface area contributed by atoms with E-state index in [4.69, 9.17) is 9.84 Å². The monoisotopic (exact) mass is 375 g/mol. The van der Waals surface area contributed by atoms with Crippen LogP contribution in [0.25, 0.3) is 0 Å². The van der Waals surface area contributed by atoms with Gasteiger partial charge in [-0.2, -0.15) is 13.2 Å². The van der Waals surface area contributed by atoms with Crippen molar-refractivity contribution in [1.29, 1.82) is 0 Å². The van der Waals surface area contributed by atoms with Gasteiger partial charge in [-0.3, -0.25) is 9.59 Å². The van der Waals surface area contributed by atoms with Crippen LogP contribution in [0.4, 0.5) is 23.7 Å². The Hall–Kier alpha value is -2.82. The lowest BCUT2D eigenvalue weighted by Gasteiger charge is -2.27. The third-order valence-corrected chi connectivity index (χ3v) is 3.53. The van der Waals surface area contributed by atoms with Gasteiger partial charge in [-0.05, 0) is 18.2 Å². The number of aliphatic carboxylic acids is 1. The summed E-state index contributed by atoms with van der Waals surface area (Å²) in [6, 6.07) is 1.65. The molecule has 1 aromatic carbocycles. The van der Waals surface area contributed by atoms with E-state index in [0.29, 0.717) is 32.4 Å². The maximum atomic E-state index is 12.9. The van der Waals surface area contributed by atoms with Crippen LogP contribution in [0, 0.1) is 0 Å². The molecule has 0 aromatic heterocycles. The van der Waals surface area contributed by atoms with Gasteiger partial charge in [-0.15, -0.1) is 0 Å². The number of halogens is 3.